The minimum absolute atomic E-state index is 0.262. The van der Waals surface area contributed by atoms with Crippen molar-refractivity contribution in [2.75, 3.05) is 0 Å². The third kappa shape index (κ3) is 3.61. The van der Waals surface area contributed by atoms with E-state index in [4.69, 9.17) is 0 Å². The molecule has 6 nitrogen and oxygen atoms in total. The van der Waals surface area contributed by atoms with Gasteiger partial charge in [-0.3, -0.25) is 19.3 Å². The molecule has 140 valence electrons. The maximum Gasteiger partial charge on any atom is 0.262 e. The van der Waals surface area contributed by atoms with E-state index in [1.807, 2.05) is 12.1 Å². The molecule has 0 aromatic heterocycles. The molecule has 1 aliphatic heterocycles. The number of rotatable bonds is 5. The minimum atomic E-state index is -0.929. The molecule has 1 heterocycles. The lowest BCUT2D eigenvalue weighted by atomic mass is 9.97. The predicted octanol–water partition coefficient (Wildman–Crippen LogP) is 2.21. The lowest BCUT2D eigenvalue weighted by Crippen LogP contribution is -2.47. The number of imide groups is 1. The molecule has 1 aliphatic rings. The molecule has 0 saturated carbocycles. The topological polar surface area (TPSA) is 86.7 Å². The second kappa shape index (κ2) is 6.96. The van der Waals surface area contributed by atoms with Crippen LogP contribution in [-0.4, -0.2) is 33.8 Å². The molecule has 1 unspecified atom stereocenters. The summed E-state index contributed by atoms with van der Waals surface area (Å²) in [5, 5.41) is 12.7. The Balaban J connectivity index is 1.65. The second-order valence-electron chi connectivity index (χ2n) is 7.18. The summed E-state index contributed by atoms with van der Waals surface area (Å²) in [6.07, 6.45) is 0. The second-order valence-corrected chi connectivity index (χ2v) is 7.18. The van der Waals surface area contributed by atoms with E-state index in [2.05, 4.69) is 5.32 Å². The van der Waals surface area contributed by atoms with Crippen molar-refractivity contribution in [3.05, 3.63) is 70.8 Å². The maximum absolute atomic E-state index is 12.5. The monoisotopic (exact) mass is 366 g/mol. The molecule has 6 heteroatoms. The van der Waals surface area contributed by atoms with Crippen LogP contribution in [0, 0.1) is 0 Å². The molecular weight excluding hydrogens is 344 g/mol. The first-order valence-corrected chi connectivity index (χ1v) is 8.76. The number of nitrogens with one attached hydrogen (secondary N) is 1. The predicted molar refractivity (Wildman–Crippen MR) is 99.9 cm³/mol. The van der Waals surface area contributed by atoms with E-state index >= 15 is 0 Å². The molecule has 2 N–H and O–H groups in total. The Morgan fingerprint density at radius 1 is 1.04 bits per heavy atom. The van der Waals surface area contributed by atoms with Crippen molar-refractivity contribution in [1.82, 2.24) is 10.2 Å². The van der Waals surface area contributed by atoms with Gasteiger partial charge < -0.3 is 10.4 Å². The van der Waals surface area contributed by atoms with Gasteiger partial charge in [-0.25, -0.2) is 0 Å². The first-order valence-electron chi connectivity index (χ1n) is 8.76. The number of fused-ring (bicyclic) bond motifs is 1. The minimum Gasteiger partial charge on any atom is -0.386 e. The quantitative estimate of drug-likeness (QED) is 0.795. The maximum atomic E-state index is 12.5. The molecule has 1 atom stereocenters. The van der Waals surface area contributed by atoms with Gasteiger partial charge in [-0.2, -0.15) is 0 Å². The summed E-state index contributed by atoms with van der Waals surface area (Å²) in [6.45, 7) is 5.20. The summed E-state index contributed by atoms with van der Waals surface area (Å²) in [6, 6.07) is 12.9. The number of nitrogens with zero attached hydrogens (tertiary/aromatic N) is 1. The van der Waals surface area contributed by atoms with Crippen molar-refractivity contribution in [3.63, 3.8) is 0 Å². The van der Waals surface area contributed by atoms with Gasteiger partial charge in [-0.05, 0) is 44.0 Å². The lowest BCUT2D eigenvalue weighted by molar-refractivity contribution is -0.124. The van der Waals surface area contributed by atoms with Gasteiger partial charge in [0.05, 0.1) is 16.7 Å². The molecule has 2 aromatic rings. The molecule has 0 fully saturated rings. The van der Waals surface area contributed by atoms with Crippen LogP contribution >= 0.6 is 0 Å². The molecule has 0 saturated heterocycles. The van der Waals surface area contributed by atoms with Gasteiger partial charge in [0.15, 0.2) is 0 Å². The summed E-state index contributed by atoms with van der Waals surface area (Å²) in [4.78, 5) is 38.4. The van der Waals surface area contributed by atoms with Crippen molar-refractivity contribution < 1.29 is 19.5 Å². The van der Waals surface area contributed by atoms with Crippen molar-refractivity contribution in [2.45, 2.75) is 39.0 Å². The number of carbonyl (C=O) groups excluding carboxylic acids is 3. The third-order valence-electron chi connectivity index (χ3n) is 4.72. The Morgan fingerprint density at radius 3 is 2.04 bits per heavy atom. The summed E-state index contributed by atoms with van der Waals surface area (Å²) in [5.74, 6) is -1.31. The Morgan fingerprint density at radius 2 is 1.56 bits per heavy atom. The van der Waals surface area contributed by atoms with Gasteiger partial charge in [0.1, 0.15) is 6.04 Å². The molecule has 0 radical (unpaired) electrons. The normalized spacial score (nSPS) is 14.9. The van der Waals surface area contributed by atoms with Crippen LogP contribution in [-0.2, 0) is 16.9 Å². The van der Waals surface area contributed by atoms with Crippen molar-refractivity contribution >= 4 is 17.7 Å². The number of carbonyl (C=O) groups is 3. The Kier molecular flexibility index (Phi) is 4.85. The fraction of sp³-hybridized carbons (Fsp3) is 0.286. The first kappa shape index (κ1) is 18.8. The van der Waals surface area contributed by atoms with Crippen LogP contribution in [0.25, 0.3) is 0 Å². The highest BCUT2D eigenvalue weighted by atomic mass is 16.3. The van der Waals surface area contributed by atoms with Crippen LogP contribution in [0.15, 0.2) is 48.5 Å². The molecule has 0 spiro atoms. The Labute approximate surface area is 157 Å². The van der Waals surface area contributed by atoms with Gasteiger partial charge in [0, 0.05) is 6.54 Å². The average molecular weight is 366 g/mol. The van der Waals surface area contributed by atoms with Gasteiger partial charge in [0.25, 0.3) is 11.8 Å². The standard InChI is InChI=1S/C21H22N2O4/c1-13(23-19(25)16-6-4-5-7-17(16)20(23)26)18(24)22-12-14-8-10-15(11-9-14)21(2,3)27/h4-11,13,27H,12H2,1-3H3,(H,22,24). The Hall–Kier alpha value is -2.99. The molecule has 3 amide bonds. The van der Waals surface area contributed by atoms with Crippen molar-refractivity contribution in [2.24, 2.45) is 0 Å². The number of hydrogen-bond donors (Lipinski definition) is 2. The molecular formula is C21H22N2O4. The number of benzene rings is 2. The zero-order valence-corrected chi connectivity index (χ0v) is 15.5. The largest absolute Gasteiger partial charge is 0.386 e. The van der Waals surface area contributed by atoms with Crippen LogP contribution in [0.2, 0.25) is 0 Å². The molecule has 3 rings (SSSR count). The zero-order valence-electron chi connectivity index (χ0n) is 15.5. The highest BCUT2D eigenvalue weighted by Crippen LogP contribution is 2.24. The summed E-state index contributed by atoms with van der Waals surface area (Å²) < 4.78 is 0. The molecule has 27 heavy (non-hydrogen) atoms. The summed E-state index contributed by atoms with van der Waals surface area (Å²) in [5.41, 5.74) is 1.35. The van der Waals surface area contributed by atoms with Crippen LogP contribution in [0.1, 0.15) is 52.6 Å². The highest BCUT2D eigenvalue weighted by Gasteiger charge is 2.40. The van der Waals surface area contributed by atoms with E-state index in [-0.39, 0.29) is 6.54 Å². The first-order chi connectivity index (χ1) is 12.7. The number of hydrogen-bond acceptors (Lipinski definition) is 4. The van der Waals surface area contributed by atoms with Gasteiger partial charge in [-0.1, -0.05) is 36.4 Å². The van der Waals surface area contributed by atoms with Gasteiger partial charge in [0.2, 0.25) is 5.91 Å². The highest BCUT2D eigenvalue weighted by molar-refractivity contribution is 6.22. The Bertz CT molecular complexity index is 862. The van der Waals surface area contributed by atoms with Crippen LogP contribution < -0.4 is 5.32 Å². The van der Waals surface area contributed by atoms with Crippen molar-refractivity contribution in [1.29, 1.82) is 0 Å². The SMILES string of the molecule is CC(C(=O)NCc1ccc(C(C)(C)O)cc1)N1C(=O)c2ccccc2C1=O. The van der Waals surface area contributed by atoms with E-state index < -0.39 is 29.4 Å². The molecule has 0 aliphatic carbocycles. The smallest absolute Gasteiger partial charge is 0.262 e. The summed E-state index contributed by atoms with van der Waals surface area (Å²) in [7, 11) is 0. The fourth-order valence-corrected chi connectivity index (χ4v) is 3.04. The van der Waals surface area contributed by atoms with Gasteiger partial charge in [-0.15, -0.1) is 0 Å². The van der Waals surface area contributed by atoms with E-state index in [0.717, 1.165) is 16.0 Å². The zero-order chi connectivity index (χ0) is 19.8. The van der Waals surface area contributed by atoms with Crippen LogP contribution in [0.5, 0.6) is 0 Å². The van der Waals surface area contributed by atoms with E-state index in [0.29, 0.717) is 11.1 Å². The van der Waals surface area contributed by atoms with Crippen LogP contribution in [0.4, 0.5) is 0 Å². The number of amides is 3. The third-order valence-corrected chi connectivity index (χ3v) is 4.72. The summed E-state index contributed by atoms with van der Waals surface area (Å²) >= 11 is 0. The van der Waals surface area contributed by atoms with E-state index in [9.17, 15) is 19.5 Å². The number of aliphatic hydroxyl groups is 1. The lowest BCUT2D eigenvalue weighted by Gasteiger charge is -2.22. The van der Waals surface area contributed by atoms with Crippen molar-refractivity contribution in [3.8, 4) is 0 Å². The van der Waals surface area contributed by atoms with Crippen LogP contribution in [0.3, 0.4) is 0 Å². The average Bonchev–Trinajstić information content (AvgIpc) is 2.90. The fourth-order valence-electron chi connectivity index (χ4n) is 3.04. The molecule has 2 aromatic carbocycles. The molecule has 0 bridgehead atoms. The van der Waals surface area contributed by atoms with E-state index in [1.54, 1.807) is 50.2 Å². The van der Waals surface area contributed by atoms with Gasteiger partial charge >= 0.3 is 0 Å². The van der Waals surface area contributed by atoms with E-state index in [1.165, 1.54) is 6.92 Å².